The summed E-state index contributed by atoms with van der Waals surface area (Å²) in [6.07, 6.45) is 1.35. The number of halogens is 1. The molecule has 2 aromatic carbocycles. The van der Waals surface area contributed by atoms with Crippen LogP contribution in [0.15, 0.2) is 58.1 Å². The predicted octanol–water partition coefficient (Wildman–Crippen LogP) is 2.99. The summed E-state index contributed by atoms with van der Waals surface area (Å²) in [5, 5.41) is 2.90. The zero-order chi connectivity index (χ0) is 21.3. The monoisotopic (exact) mass is 486 g/mol. The molecule has 0 saturated carbocycles. The lowest BCUT2D eigenvalue weighted by molar-refractivity contribution is -0.125. The standard InChI is InChI=1S/C20H15BrN4O4S/c21-13-3-6-16-15(7-13)19(28)24(11-22-16)9-17(26)23-14-4-1-12(2-5-14)8-25-18(27)10-30-20(25)29/h1-7,11H,8-10H2,(H,23,26). The highest BCUT2D eigenvalue weighted by Crippen LogP contribution is 2.22. The van der Waals surface area contributed by atoms with Crippen molar-refractivity contribution in [3.05, 3.63) is 69.2 Å². The molecule has 1 saturated heterocycles. The van der Waals surface area contributed by atoms with Crippen molar-refractivity contribution in [1.29, 1.82) is 0 Å². The third-order valence-corrected chi connectivity index (χ3v) is 5.87. The highest BCUT2D eigenvalue weighted by molar-refractivity contribution is 9.10. The van der Waals surface area contributed by atoms with Crippen molar-refractivity contribution in [1.82, 2.24) is 14.5 Å². The summed E-state index contributed by atoms with van der Waals surface area (Å²) >= 11 is 4.32. The van der Waals surface area contributed by atoms with E-state index < -0.39 is 0 Å². The molecule has 4 rings (SSSR count). The largest absolute Gasteiger partial charge is 0.325 e. The Labute approximate surface area is 183 Å². The van der Waals surface area contributed by atoms with Gasteiger partial charge in [-0.15, -0.1) is 0 Å². The lowest BCUT2D eigenvalue weighted by atomic mass is 10.2. The normalized spacial score (nSPS) is 13.8. The number of imide groups is 1. The molecule has 152 valence electrons. The number of aromatic nitrogens is 2. The SMILES string of the molecule is O=C(Cn1cnc2ccc(Br)cc2c1=O)Nc1ccc(CN2C(=O)CSC2=O)cc1. The van der Waals surface area contributed by atoms with Crippen LogP contribution in [0.2, 0.25) is 0 Å². The van der Waals surface area contributed by atoms with Gasteiger partial charge in [0, 0.05) is 10.2 Å². The van der Waals surface area contributed by atoms with Gasteiger partial charge in [0.2, 0.25) is 11.8 Å². The Morgan fingerprint density at radius 3 is 2.60 bits per heavy atom. The number of nitrogens with zero attached hydrogens (tertiary/aromatic N) is 3. The van der Waals surface area contributed by atoms with E-state index in [1.807, 2.05) is 0 Å². The first-order valence-electron chi connectivity index (χ1n) is 8.91. The molecular weight excluding hydrogens is 472 g/mol. The quantitative estimate of drug-likeness (QED) is 0.594. The second-order valence-electron chi connectivity index (χ2n) is 6.62. The van der Waals surface area contributed by atoms with E-state index in [4.69, 9.17) is 0 Å². The molecule has 3 amide bonds. The number of thioether (sulfide) groups is 1. The number of anilines is 1. The van der Waals surface area contributed by atoms with Crippen molar-refractivity contribution in [2.45, 2.75) is 13.1 Å². The molecule has 3 aromatic rings. The fraction of sp³-hybridized carbons (Fsp3) is 0.150. The molecule has 1 aromatic heterocycles. The first-order chi connectivity index (χ1) is 14.4. The number of carbonyl (C=O) groups excluding carboxylic acids is 3. The van der Waals surface area contributed by atoms with Crippen LogP contribution in [0.4, 0.5) is 10.5 Å². The van der Waals surface area contributed by atoms with E-state index in [1.165, 1.54) is 15.8 Å². The Morgan fingerprint density at radius 2 is 1.90 bits per heavy atom. The van der Waals surface area contributed by atoms with Gasteiger partial charge in [-0.2, -0.15) is 0 Å². The van der Waals surface area contributed by atoms with Crippen molar-refractivity contribution in [2.24, 2.45) is 0 Å². The summed E-state index contributed by atoms with van der Waals surface area (Å²) in [5.41, 5.74) is 1.58. The third-order valence-electron chi connectivity index (χ3n) is 4.52. The van der Waals surface area contributed by atoms with Crippen molar-refractivity contribution >= 4 is 61.3 Å². The van der Waals surface area contributed by atoms with Crippen LogP contribution in [0.3, 0.4) is 0 Å². The molecule has 0 atom stereocenters. The minimum Gasteiger partial charge on any atom is -0.325 e. The number of fused-ring (bicyclic) bond motifs is 1. The Bertz CT molecular complexity index is 1210. The van der Waals surface area contributed by atoms with Gasteiger partial charge in [0.1, 0.15) is 6.54 Å². The van der Waals surface area contributed by atoms with Gasteiger partial charge in [-0.25, -0.2) is 4.98 Å². The van der Waals surface area contributed by atoms with Crippen molar-refractivity contribution in [3.63, 3.8) is 0 Å². The Hall–Kier alpha value is -2.98. The molecular formula is C20H15BrN4O4S. The van der Waals surface area contributed by atoms with Gasteiger partial charge >= 0.3 is 0 Å². The van der Waals surface area contributed by atoms with E-state index in [1.54, 1.807) is 42.5 Å². The molecule has 1 aliphatic heterocycles. The molecule has 0 aliphatic carbocycles. The first kappa shape index (κ1) is 20.3. The smallest absolute Gasteiger partial charge is 0.289 e. The minimum absolute atomic E-state index is 0.174. The van der Waals surface area contributed by atoms with Crippen LogP contribution < -0.4 is 10.9 Å². The van der Waals surface area contributed by atoms with Gasteiger partial charge in [-0.3, -0.25) is 28.6 Å². The molecule has 1 aliphatic rings. The van der Waals surface area contributed by atoms with E-state index in [9.17, 15) is 19.2 Å². The molecule has 2 heterocycles. The van der Waals surface area contributed by atoms with Gasteiger partial charge in [-0.1, -0.05) is 39.8 Å². The van der Waals surface area contributed by atoms with E-state index in [2.05, 4.69) is 26.2 Å². The number of carbonyl (C=O) groups is 3. The number of rotatable bonds is 5. The zero-order valence-corrected chi connectivity index (χ0v) is 17.9. The maximum Gasteiger partial charge on any atom is 0.289 e. The Morgan fingerprint density at radius 1 is 1.13 bits per heavy atom. The van der Waals surface area contributed by atoms with E-state index in [0.29, 0.717) is 16.6 Å². The highest BCUT2D eigenvalue weighted by atomic mass is 79.9. The Kier molecular flexibility index (Phi) is 5.69. The molecule has 0 bridgehead atoms. The van der Waals surface area contributed by atoms with Gasteiger partial charge in [-0.05, 0) is 35.9 Å². The Balaban J connectivity index is 1.42. The molecule has 30 heavy (non-hydrogen) atoms. The average molecular weight is 487 g/mol. The summed E-state index contributed by atoms with van der Waals surface area (Å²) in [4.78, 5) is 53.8. The van der Waals surface area contributed by atoms with Gasteiger partial charge in [0.25, 0.3) is 10.8 Å². The van der Waals surface area contributed by atoms with Crippen LogP contribution >= 0.6 is 27.7 Å². The summed E-state index contributed by atoms with van der Waals surface area (Å²) in [6, 6.07) is 12.0. The summed E-state index contributed by atoms with van der Waals surface area (Å²) in [5.74, 6) is -0.404. The molecule has 1 N–H and O–H groups in total. The second kappa shape index (κ2) is 8.41. The van der Waals surface area contributed by atoms with Crippen molar-refractivity contribution in [2.75, 3.05) is 11.1 Å². The lowest BCUT2D eigenvalue weighted by Crippen LogP contribution is -2.28. The van der Waals surface area contributed by atoms with Crippen LogP contribution in [0.25, 0.3) is 10.9 Å². The number of hydrogen-bond acceptors (Lipinski definition) is 6. The second-order valence-corrected chi connectivity index (χ2v) is 8.46. The molecule has 1 fully saturated rings. The minimum atomic E-state index is -0.373. The maximum atomic E-state index is 12.6. The van der Waals surface area contributed by atoms with E-state index >= 15 is 0 Å². The van der Waals surface area contributed by atoms with Crippen molar-refractivity contribution in [3.8, 4) is 0 Å². The van der Waals surface area contributed by atoms with Crippen molar-refractivity contribution < 1.29 is 14.4 Å². The number of benzene rings is 2. The molecule has 8 nitrogen and oxygen atoms in total. The fourth-order valence-corrected chi connectivity index (χ4v) is 4.10. The highest BCUT2D eigenvalue weighted by Gasteiger charge is 2.29. The summed E-state index contributed by atoms with van der Waals surface area (Å²) in [7, 11) is 0. The molecule has 0 spiro atoms. The van der Waals surface area contributed by atoms with Crippen LogP contribution in [-0.2, 0) is 22.7 Å². The maximum absolute atomic E-state index is 12.6. The van der Waals surface area contributed by atoms with Crippen LogP contribution in [0.1, 0.15) is 5.56 Å². The molecule has 0 unspecified atom stereocenters. The number of hydrogen-bond donors (Lipinski definition) is 1. The van der Waals surface area contributed by atoms with E-state index in [-0.39, 0.29) is 41.5 Å². The van der Waals surface area contributed by atoms with Gasteiger partial charge in [0.15, 0.2) is 0 Å². The summed E-state index contributed by atoms with van der Waals surface area (Å²) in [6.45, 7) is 0.0245. The summed E-state index contributed by atoms with van der Waals surface area (Å²) < 4.78 is 2.01. The number of amides is 3. The topological polar surface area (TPSA) is 101 Å². The lowest BCUT2D eigenvalue weighted by Gasteiger charge is -2.13. The van der Waals surface area contributed by atoms with Gasteiger partial charge < -0.3 is 5.32 Å². The fourth-order valence-electron chi connectivity index (χ4n) is 3.01. The third kappa shape index (κ3) is 4.29. The predicted molar refractivity (Wildman–Crippen MR) is 117 cm³/mol. The first-order valence-corrected chi connectivity index (χ1v) is 10.7. The van der Waals surface area contributed by atoms with Crippen LogP contribution in [0, 0.1) is 0 Å². The average Bonchev–Trinajstić information content (AvgIpc) is 3.04. The van der Waals surface area contributed by atoms with Crippen LogP contribution in [-0.4, -0.2) is 37.3 Å². The van der Waals surface area contributed by atoms with Crippen LogP contribution in [0.5, 0.6) is 0 Å². The van der Waals surface area contributed by atoms with E-state index in [0.717, 1.165) is 21.8 Å². The van der Waals surface area contributed by atoms with Gasteiger partial charge in [0.05, 0.1) is 29.5 Å². The molecule has 10 heteroatoms. The number of nitrogens with one attached hydrogen (secondary N) is 1. The molecule has 0 radical (unpaired) electrons. The zero-order valence-electron chi connectivity index (χ0n) is 15.5.